The van der Waals surface area contributed by atoms with Gasteiger partial charge in [0.15, 0.2) is 5.78 Å². The standard InChI is InChI=1S/C19H16N2O3/c1-10-6-7-13(20)17-15(22)9-8-14(16(10)17)21-18(23)11-4-2-3-5-12(11)19(21)24/h2-7,14H,8-9,20H2,1H3. The summed E-state index contributed by atoms with van der Waals surface area (Å²) in [6.45, 7) is 1.88. The zero-order valence-electron chi connectivity index (χ0n) is 13.2. The number of aryl methyl sites for hydroxylation is 1. The molecule has 0 bridgehead atoms. The van der Waals surface area contributed by atoms with E-state index in [-0.39, 0.29) is 24.0 Å². The van der Waals surface area contributed by atoms with Gasteiger partial charge in [-0.15, -0.1) is 0 Å². The van der Waals surface area contributed by atoms with Crippen LogP contribution in [0.2, 0.25) is 0 Å². The molecule has 2 N–H and O–H groups in total. The molecule has 2 aliphatic rings. The number of nitrogens with zero attached hydrogens (tertiary/aromatic N) is 1. The molecule has 1 atom stereocenters. The molecule has 5 nitrogen and oxygen atoms in total. The van der Waals surface area contributed by atoms with Crippen molar-refractivity contribution < 1.29 is 14.4 Å². The number of benzene rings is 2. The molecule has 1 heterocycles. The topological polar surface area (TPSA) is 80.5 Å². The number of carbonyl (C=O) groups excluding carboxylic acids is 3. The monoisotopic (exact) mass is 320 g/mol. The number of hydrogen-bond donors (Lipinski definition) is 1. The summed E-state index contributed by atoms with van der Waals surface area (Å²) in [6, 6.07) is 9.90. The van der Waals surface area contributed by atoms with Crippen LogP contribution in [0.1, 0.15) is 61.1 Å². The molecular formula is C19H16N2O3. The van der Waals surface area contributed by atoms with Crippen molar-refractivity contribution in [3.63, 3.8) is 0 Å². The van der Waals surface area contributed by atoms with Gasteiger partial charge in [-0.05, 0) is 42.7 Å². The van der Waals surface area contributed by atoms with Gasteiger partial charge in [0.2, 0.25) is 0 Å². The van der Waals surface area contributed by atoms with Crippen LogP contribution in [0.4, 0.5) is 5.69 Å². The van der Waals surface area contributed by atoms with Gasteiger partial charge in [-0.25, -0.2) is 0 Å². The van der Waals surface area contributed by atoms with Gasteiger partial charge in [-0.1, -0.05) is 18.2 Å². The lowest BCUT2D eigenvalue weighted by Gasteiger charge is -2.33. The van der Waals surface area contributed by atoms with E-state index in [1.807, 2.05) is 13.0 Å². The highest BCUT2D eigenvalue weighted by Crippen LogP contribution is 2.42. The Hall–Kier alpha value is -2.95. The fourth-order valence-electron chi connectivity index (χ4n) is 3.77. The summed E-state index contributed by atoms with van der Waals surface area (Å²) in [5, 5.41) is 0. The molecule has 1 aliphatic heterocycles. The lowest BCUT2D eigenvalue weighted by atomic mass is 9.82. The first-order chi connectivity index (χ1) is 11.5. The number of ketones is 1. The Balaban J connectivity index is 1.88. The van der Waals surface area contributed by atoms with E-state index >= 15 is 0 Å². The van der Waals surface area contributed by atoms with E-state index < -0.39 is 6.04 Å². The highest BCUT2D eigenvalue weighted by molar-refractivity contribution is 6.21. The van der Waals surface area contributed by atoms with Gasteiger partial charge in [0, 0.05) is 17.7 Å². The normalized spacial score (nSPS) is 19.5. The molecule has 0 radical (unpaired) electrons. The largest absolute Gasteiger partial charge is 0.398 e. The molecule has 2 aromatic carbocycles. The van der Waals surface area contributed by atoms with Crippen LogP contribution in [0.25, 0.3) is 0 Å². The summed E-state index contributed by atoms with van der Waals surface area (Å²) in [4.78, 5) is 39.2. The number of amides is 2. The second-order valence-corrected chi connectivity index (χ2v) is 6.26. The van der Waals surface area contributed by atoms with Gasteiger partial charge in [0.05, 0.1) is 17.2 Å². The van der Waals surface area contributed by atoms with Crippen LogP contribution in [0, 0.1) is 6.92 Å². The van der Waals surface area contributed by atoms with Crippen LogP contribution in [0.3, 0.4) is 0 Å². The molecule has 0 fully saturated rings. The van der Waals surface area contributed by atoms with Crippen molar-refractivity contribution in [3.8, 4) is 0 Å². The minimum Gasteiger partial charge on any atom is -0.398 e. The highest BCUT2D eigenvalue weighted by atomic mass is 16.2. The summed E-state index contributed by atoms with van der Waals surface area (Å²) in [7, 11) is 0. The second-order valence-electron chi connectivity index (χ2n) is 6.26. The van der Waals surface area contributed by atoms with Gasteiger partial charge < -0.3 is 5.73 Å². The summed E-state index contributed by atoms with van der Waals surface area (Å²) < 4.78 is 0. The average molecular weight is 320 g/mol. The van der Waals surface area contributed by atoms with Crippen molar-refractivity contribution in [3.05, 3.63) is 64.2 Å². The quantitative estimate of drug-likeness (QED) is 0.647. The number of hydrogen-bond acceptors (Lipinski definition) is 4. The molecule has 2 amide bonds. The lowest BCUT2D eigenvalue weighted by Crippen LogP contribution is -2.37. The van der Waals surface area contributed by atoms with E-state index in [4.69, 9.17) is 5.73 Å². The number of carbonyl (C=O) groups is 3. The molecular weight excluding hydrogens is 304 g/mol. The summed E-state index contributed by atoms with van der Waals surface area (Å²) in [6.07, 6.45) is 0.709. The van der Waals surface area contributed by atoms with Crippen molar-refractivity contribution in [1.29, 1.82) is 0 Å². The molecule has 5 heteroatoms. The fraction of sp³-hybridized carbons (Fsp3) is 0.211. The van der Waals surface area contributed by atoms with Crippen molar-refractivity contribution in [2.75, 3.05) is 5.73 Å². The van der Waals surface area contributed by atoms with Crippen LogP contribution in [-0.2, 0) is 0 Å². The maximum Gasteiger partial charge on any atom is 0.262 e. The zero-order valence-corrected chi connectivity index (χ0v) is 13.2. The fourth-order valence-corrected chi connectivity index (χ4v) is 3.77. The van der Waals surface area contributed by atoms with E-state index in [2.05, 4.69) is 0 Å². The number of nitrogen functional groups attached to an aromatic ring is 1. The van der Waals surface area contributed by atoms with Crippen LogP contribution < -0.4 is 5.73 Å². The van der Waals surface area contributed by atoms with Crippen molar-refractivity contribution in [1.82, 2.24) is 4.90 Å². The average Bonchev–Trinajstić information content (AvgIpc) is 2.83. The van der Waals surface area contributed by atoms with E-state index in [1.165, 1.54) is 4.90 Å². The van der Waals surface area contributed by atoms with E-state index in [1.54, 1.807) is 30.3 Å². The number of anilines is 1. The van der Waals surface area contributed by atoms with Gasteiger partial charge >= 0.3 is 0 Å². The van der Waals surface area contributed by atoms with Crippen LogP contribution >= 0.6 is 0 Å². The van der Waals surface area contributed by atoms with E-state index in [0.717, 1.165) is 5.56 Å². The molecule has 24 heavy (non-hydrogen) atoms. The van der Waals surface area contributed by atoms with Gasteiger partial charge in [0.1, 0.15) is 0 Å². The molecule has 2 aromatic rings. The first-order valence-electron chi connectivity index (χ1n) is 7.89. The molecule has 0 saturated carbocycles. The van der Waals surface area contributed by atoms with Crippen LogP contribution in [0.5, 0.6) is 0 Å². The summed E-state index contributed by atoms with van der Waals surface area (Å²) >= 11 is 0. The van der Waals surface area contributed by atoms with E-state index in [9.17, 15) is 14.4 Å². The first-order valence-corrected chi connectivity index (χ1v) is 7.89. The third kappa shape index (κ3) is 1.84. The number of nitrogens with two attached hydrogens (primary N) is 1. The molecule has 0 aromatic heterocycles. The number of rotatable bonds is 1. The SMILES string of the molecule is Cc1ccc(N)c2c1C(N1C(=O)c3ccccc3C1=O)CCC2=O. The summed E-state index contributed by atoms with van der Waals surface area (Å²) in [5.41, 5.74) is 9.29. The Morgan fingerprint density at radius 3 is 2.25 bits per heavy atom. The third-order valence-electron chi connectivity index (χ3n) is 4.89. The second kappa shape index (κ2) is 5.03. The van der Waals surface area contributed by atoms with Crippen molar-refractivity contribution in [2.24, 2.45) is 0 Å². The number of Topliss-reactive ketones (excluding diaryl/α,β-unsaturated/α-hetero) is 1. The smallest absolute Gasteiger partial charge is 0.262 e. The molecule has 4 rings (SSSR count). The molecule has 120 valence electrons. The lowest BCUT2D eigenvalue weighted by molar-refractivity contribution is 0.0556. The maximum absolute atomic E-state index is 12.8. The van der Waals surface area contributed by atoms with Crippen molar-refractivity contribution in [2.45, 2.75) is 25.8 Å². The van der Waals surface area contributed by atoms with E-state index in [0.29, 0.717) is 34.4 Å². The highest BCUT2D eigenvalue weighted by Gasteiger charge is 2.43. The molecule has 0 spiro atoms. The molecule has 0 saturated heterocycles. The number of imide groups is 1. The third-order valence-corrected chi connectivity index (χ3v) is 4.89. The van der Waals surface area contributed by atoms with Crippen molar-refractivity contribution >= 4 is 23.3 Å². The van der Waals surface area contributed by atoms with Gasteiger partial charge in [-0.3, -0.25) is 19.3 Å². The minimum atomic E-state index is -0.450. The Morgan fingerprint density at radius 1 is 1.00 bits per heavy atom. The Labute approximate surface area is 139 Å². The Kier molecular flexibility index (Phi) is 3.06. The van der Waals surface area contributed by atoms with Crippen LogP contribution in [0.15, 0.2) is 36.4 Å². The maximum atomic E-state index is 12.8. The minimum absolute atomic E-state index is 0.0286. The van der Waals surface area contributed by atoms with Gasteiger partial charge in [-0.2, -0.15) is 0 Å². The molecule has 1 aliphatic carbocycles. The van der Waals surface area contributed by atoms with Gasteiger partial charge in [0.25, 0.3) is 11.8 Å². The van der Waals surface area contributed by atoms with Crippen LogP contribution in [-0.4, -0.2) is 22.5 Å². The Morgan fingerprint density at radius 2 is 1.62 bits per heavy atom. The summed E-state index contributed by atoms with van der Waals surface area (Å²) in [5.74, 6) is -0.635. The molecule has 1 unspecified atom stereocenters. The zero-order chi connectivity index (χ0) is 17.0. The first kappa shape index (κ1) is 14.6. The number of fused-ring (bicyclic) bond motifs is 2. The predicted octanol–water partition coefficient (Wildman–Crippen LogP) is 2.89. The Bertz CT molecular complexity index is 882. The predicted molar refractivity (Wildman–Crippen MR) is 88.8 cm³/mol.